The van der Waals surface area contributed by atoms with Gasteiger partial charge in [0, 0.05) is 73.1 Å². The van der Waals surface area contributed by atoms with Crippen LogP contribution < -0.4 is 14.7 Å². The first-order valence-corrected chi connectivity index (χ1v) is 41.5. The molecule has 0 saturated carbocycles. The van der Waals surface area contributed by atoms with Crippen molar-refractivity contribution in [2.75, 3.05) is 14.7 Å². The van der Waals surface area contributed by atoms with Crippen LogP contribution in [0.25, 0.3) is 78.1 Å². The fourth-order valence-corrected chi connectivity index (χ4v) is 17.3. The molecule has 0 spiro atoms. The number of aromatic nitrogens is 1. The van der Waals surface area contributed by atoms with E-state index in [1.807, 2.05) is 6.08 Å². The van der Waals surface area contributed by atoms with Gasteiger partial charge in [0.05, 0.1) is 11.0 Å². The zero-order valence-corrected chi connectivity index (χ0v) is 66.9. The zero-order valence-electron chi connectivity index (χ0n) is 66.9. The lowest BCUT2D eigenvalue weighted by atomic mass is 9.70. The largest absolute Gasteiger partial charge is 0.311 e. The third kappa shape index (κ3) is 16.2. The third-order valence-corrected chi connectivity index (χ3v) is 23.7. The second kappa shape index (κ2) is 34.0. The van der Waals surface area contributed by atoms with Crippen LogP contribution in [0, 0.1) is 13.8 Å². The SMILES string of the molecule is C=Cc1ccc(N(c2ccc(C)cc2)c2ccc(-c3ccc(N(c4ccc(-c5ccc(CCCC)cc5)cc4)c4ccc(-c5ccc(N(c6ccc(-n7c8ccccc8c8cc9c(cc87)-c7ccc(C)cc7C9(CCCCCCCC)CCCCCCCC)cc6)c6ccc(C(C)(C)C)cc6)cc5)cc4)cc3)cc2)cc1. The predicted molar refractivity (Wildman–Crippen MR) is 480 cm³/mol. The maximum absolute atomic E-state index is 4.00. The molecule has 0 atom stereocenters. The summed E-state index contributed by atoms with van der Waals surface area (Å²) in [5, 5.41) is 2.67. The topological polar surface area (TPSA) is 14.7 Å². The molecule has 0 amide bonds. The highest BCUT2D eigenvalue weighted by Gasteiger charge is 2.43. The van der Waals surface area contributed by atoms with E-state index in [4.69, 9.17) is 0 Å². The maximum atomic E-state index is 4.00. The summed E-state index contributed by atoms with van der Waals surface area (Å²) in [5.74, 6) is 0. The van der Waals surface area contributed by atoms with Gasteiger partial charge in [-0.3, -0.25) is 0 Å². The van der Waals surface area contributed by atoms with Crippen molar-refractivity contribution in [3.8, 4) is 50.2 Å². The first-order valence-electron chi connectivity index (χ1n) is 41.5. The molecule has 1 aliphatic carbocycles. The third-order valence-electron chi connectivity index (χ3n) is 23.7. The summed E-state index contributed by atoms with van der Waals surface area (Å²) in [6.45, 7) is 22.2. The summed E-state index contributed by atoms with van der Waals surface area (Å²) in [6, 6.07) is 112. The molecular formula is C107H110N4. The van der Waals surface area contributed by atoms with E-state index in [9.17, 15) is 0 Å². The van der Waals surface area contributed by atoms with Gasteiger partial charge in [0.1, 0.15) is 0 Å². The van der Waals surface area contributed by atoms with E-state index in [2.05, 4.69) is 378 Å². The monoisotopic (exact) mass is 1450 g/mol. The summed E-state index contributed by atoms with van der Waals surface area (Å²) in [4.78, 5) is 7.12. The van der Waals surface area contributed by atoms with E-state index in [0.29, 0.717) is 0 Å². The van der Waals surface area contributed by atoms with Crippen LogP contribution >= 0.6 is 0 Å². The van der Waals surface area contributed by atoms with Crippen molar-refractivity contribution >= 4 is 79.1 Å². The summed E-state index contributed by atoms with van der Waals surface area (Å²) in [5.41, 5.74) is 33.0. The van der Waals surface area contributed by atoms with Crippen molar-refractivity contribution < 1.29 is 0 Å². The van der Waals surface area contributed by atoms with Crippen molar-refractivity contribution in [2.24, 2.45) is 0 Å². The molecule has 1 heterocycles. The number of para-hydroxylation sites is 1. The van der Waals surface area contributed by atoms with Crippen LogP contribution in [0.1, 0.15) is 183 Å². The van der Waals surface area contributed by atoms with Gasteiger partial charge < -0.3 is 19.3 Å². The number of unbranched alkanes of at least 4 members (excludes halogenated alkanes) is 11. The van der Waals surface area contributed by atoms with Gasteiger partial charge in [-0.1, -0.05) is 307 Å². The summed E-state index contributed by atoms with van der Waals surface area (Å²) < 4.78 is 2.54. The summed E-state index contributed by atoms with van der Waals surface area (Å²) in [7, 11) is 0. The Labute approximate surface area is 662 Å². The number of hydrogen-bond acceptors (Lipinski definition) is 3. The molecule has 0 aliphatic heterocycles. The average molecular weight is 1450 g/mol. The van der Waals surface area contributed by atoms with Crippen LogP contribution in [0.2, 0.25) is 0 Å². The quantitative estimate of drug-likeness (QED) is 0.0403. The fraction of sp³-hybridized carbons (Fsp3) is 0.252. The van der Waals surface area contributed by atoms with E-state index >= 15 is 0 Å². The molecule has 15 rings (SSSR count). The number of anilines is 9. The first kappa shape index (κ1) is 75.2. The highest BCUT2D eigenvalue weighted by Crippen LogP contribution is 2.57. The highest BCUT2D eigenvalue weighted by atomic mass is 15.2. The normalized spacial score (nSPS) is 12.3. The summed E-state index contributed by atoms with van der Waals surface area (Å²) in [6.07, 6.45) is 23.5. The molecule has 14 aromatic rings. The van der Waals surface area contributed by atoms with Crippen LogP contribution in [-0.2, 0) is 17.3 Å². The Kier molecular flexibility index (Phi) is 23.0. The van der Waals surface area contributed by atoms with Gasteiger partial charge in [0.2, 0.25) is 0 Å². The minimum absolute atomic E-state index is 0.000721. The molecule has 4 heteroatoms. The number of benzene rings is 13. The van der Waals surface area contributed by atoms with Crippen molar-refractivity contribution in [2.45, 2.75) is 175 Å². The van der Waals surface area contributed by atoms with Gasteiger partial charge in [0.15, 0.2) is 0 Å². The van der Waals surface area contributed by atoms with Crippen LogP contribution in [-0.4, -0.2) is 4.57 Å². The first-order chi connectivity index (χ1) is 54.3. The lowest BCUT2D eigenvalue weighted by Gasteiger charge is -2.33. The van der Waals surface area contributed by atoms with Crippen molar-refractivity contribution in [3.05, 3.63) is 343 Å². The molecule has 0 saturated heterocycles. The van der Waals surface area contributed by atoms with Crippen LogP contribution in [0.15, 0.2) is 304 Å². The Bertz CT molecular complexity index is 5410. The molecule has 4 nitrogen and oxygen atoms in total. The lowest BCUT2D eigenvalue weighted by molar-refractivity contribution is 0.398. The van der Waals surface area contributed by atoms with E-state index in [0.717, 1.165) is 91.1 Å². The molecule has 0 radical (unpaired) electrons. The standard InChI is InChI=1S/C107H110N4/c1-10-14-17-19-21-25-72-107(73-26-22-20-18-15-11-2)102-74-78(6)32-71-98(102)100-76-105-101(75-103(100)107)99-28-23-24-29-104(99)111(105)97-69-67-96(68-70-97)110(95-65-49-87(50-66-95)106(7,8)9)94-63-47-86(48-64-94)85-45-61-93(62-46-85)109(91-55-39-82(40-56-91)81-37-33-80(34-38-81)27-16-12-3)92-59-43-84(44-60-92)83-41-57-90(58-42-83)108(88-51-30-77(5)31-52-88)89-53-35-79(13-4)36-54-89/h13,23-24,28-71,74-76H,4,10-12,14-22,25-27,72-73H2,1-3,5-9H3. The molecule has 0 bridgehead atoms. The van der Waals surface area contributed by atoms with E-state index < -0.39 is 0 Å². The molecule has 1 aliphatic rings. The fourth-order valence-electron chi connectivity index (χ4n) is 17.3. The van der Waals surface area contributed by atoms with Gasteiger partial charge >= 0.3 is 0 Å². The Morgan fingerprint density at radius 2 is 0.703 bits per heavy atom. The Hall–Kier alpha value is -11.2. The molecule has 1 aromatic heterocycles. The van der Waals surface area contributed by atoms with Crippen molar-refractivity contribution in [1.29, 1.82) is 0 Å². The number of fused-ring (bicyclic) bond motifs is 6. The van der Waals surface area contributed by atoms with Crippen molar-refractivity contribution in [1.82, 2.24) is 4.57 Å². The number of rotatable bonds is 31. The molecule has 111 heavy (non-hydrogen) atoms. The maximum Gasteiger partial charge on any atom is 0.0547 e. The Morgan fingerprint density at radius 1 is 0.333 bits per heavy atom. The molecule has 0 unspecified atom stereocenters. The number of hydrogen-bond donors (Lipinski definition) is 0. The van der Waals surface area contributed by atoms with Gasteiger partial charge in [-0.05, 0) is 257 Å². The number of nitrogens with zero attached hydrogens (tertiary/aromatic N) is 4. The number of aryl methyl sites for hydroxylation is 3. The smallest absolute Gasteiger partial charge is 0.0547 e. The van der Waals surface area contributed by atoms with E-state index in [1.54, 1.807) is 11.1 Å². The molecular weight excluding hydrogens is 1340 g/mol. The molecule has 13 aromatic carbocycles. The Balaban J connectivity index is 0.739. The molecule has 0 fully saturated rings. The summed E-state index contributed by atoms with van der Waals surface area (Å²) >= 11 is 0. The lowest BCUT2D eigenvalue weighted by Crippen LogP contribution is -2.25. The zero-order chi connectivity index (χ0) is 76.4. The molecule has 558 valence electrons. The molecule has 0 N–H and O–H groups in total. The van der Waals surface area contributed by atoms with E-state index in [1.165, 1.54) is 169 Å². The van der Waals surface area contributed by atoms with E-state index in [-0.39, 0.29) is 10.8 Å². The van der Waals surface area contributed by atoms with Gasteiger partial charge in [-0.15, -0.1) is 0 Å². The minimum Gasteiger partial charge on any atom is -0.311 e. The van der Waals surface area contributed by atoms with Crippen LogP contribution in [0.4, 0.5) is 51.2 Å². The second-order valence-corrected chi connectivity index (χ2v) is 32.4. The van der Waals surface area contributed by atoms with Gasteiger partial charge in [0.25, 0.3) is 0 Å². The van der Waals surface area contributed by atoms with Crippen LogP contribution in [0.5, 0.6) is 0 Å². The average Bonchev–Trinajstić information content (AvgIpc) is 1.54. The van der Waals surface area contributed by atoms with Gasteiger partial charge in [-0.25, -0.2) is 0 Å². The van der Waals surface area contributed by atoms with Gasteiger partial charge in [-0.2, -0.15) is 0 Å². The van der Waals surface area contributed by atoms with Crippen LogP contribution in [0.3, 0.4) is 0 Å². The van der Waals surface area contributed by atoms with Crippen molar-refractivity contribution in [3.63, 3.8) is 0 Å². The minimum atomic E-state index is 0.000721. The predicted octanol–water partition coefficient (Wildman–Crippen LogP) is 31.9. The Morgan fingerprint density at radius 3 is 1.14 bits per heavy atom. The second-order valence-electron chi connectivity index (χ2n) is 32.4. The highest BCUT2D eigenvalue weighted by molar-refractivity contribution is 6.11.